The lowest BCUT2D eigenvalue weighted by Gasteiger charge is -2.24. The first-order valence-corrected chi connectivity index (χ1v) is 6.49. The zero-order chi connectivity index (χ0) is 14.0. The van der Waals surface area contributed by atoms with Gasteiger partial charge in [-0.1, -0.05) is 18.5 Å². The number of aromatic nitrogens is 1. The van der Waals surface area contributed by atoms with Gasteiger partial charge in [-0.15, -0.1) is 0 Å². The van der Waals surface area contributed by atoms with E-state index in [1.165, 1.54) is 6.92 Å². The first kappa shape index (κ1) is 13.6. The third-order valence-electron chi connectivity index (χ3n) is 3.36. The van der Waals surface area contributed by atoms with Crippen molar-refractivity contribution in [2.24, 2.45) is 0 Å². The number of carboxylic acids is 1. The fourth-order valence-electron chi connectivity index (χ4n) is 2.00. The highest BCUT2D eigenvalue weighted by Crippen LogP contribution is 2.39. The van der Waals surface area contributed by atoms with Gasteiger partial charge in [0, 0.05) is 12.0 Å². The minimum absolute atomic E-state index is 0.0745. The molecule has 6 heteroatoms. The minimum atomic E-state index is -1.28. The topological polar surface area (TPSA) is 92.4 Å². The average Bonchev–Trinajstić information content (AvgIpc) is 3.07. The van der Waals surface area contributed by atoms with E-state index in [4.69, 9.17) is 4.52 Å². The maximum absolute atomic E-state index is 12.0. The first-order chi connectivity index (χ1) is 8.96. The molecule has 1 amide bonds. The molecule has 1 heterocycles. The molecule has 0 radical (unpaired) electrons. The van der Waals surface area contributed by atoms with E-state index in [-0.39, 0.29) is 5.76 Å². The fourth-order valence-corrected chi connectivity index (χ4v) is 2.00. The molecule has 0 aromatic carbocycles. The van der Waals surface area contributed by atoms with E-state index < -0.39 is 17.4 Å². The molecule has 2 rings (SSSR count). The summed E-state index contributed by atoms with van der Waals surface area (Å²) in [4.78, 5) is 23.2. The largest absolute Gasteiger partial charge is 0.480 e. The third kappa shape index (κ3) is 2.94. The van der Waals surface area contributed by atoms with Crippen LogP contribution in [0.5, 0.6) is 0 Å². The molecule has 1 fully saturated rings. The zero-order valence-corrected chi connectivity index (χ0v) is 11.1. The normalized spacial score (nSPS) is 17.8. The predicted molar refractivity (Wildman–Crippen MR) is 66.9 cm³/mol. The van der Waals surface area contributed by atoms with Crippen LogP contribution >= 0.6 is 0 Å². The molecule has 2 N–H and O–H groups in total. The average molecular weight is 266 g/mol. The van der Waals surface area contributed by atoms with Crippen molar-refractivity contribution in [3.05, 3.63) is 17.5 Å². The van der Waals surface area contributed by atoms with Gasteiger partial charge in [0.25, 0.3) is 5.91 Å². The van der Waals surface area contributed by atoms with Crippen LogP contribution in [0.25, 0.3) is 0 Å². The van der Waals surface area contributed by atoms with Crippen LogP contribution in [0.4, 0.5) is 0 Å². The van der Waals surface area contributed by atoms with Crippen molar-refractivity contribution in [2.75, 3.05) is 0 Å². The van der Waals surface area contributed by atoms with Crippen molar-refractivity contribution in [1.82, 2.24) is 10.5 Å². The maximum Gasteiger partial charge on any atom is 0.329 e. The lowest BCUT2D eigenvalue weighted by Crippen LogP contribution is -2.52. The van der Waals surface area contributed by atoms with E-state index >= 15 is 0 Å². The highest BCUT2D eigenvalue weighted by molar-refractivity contribution is 5.95. The molecule has 0 aliphatic heterocycles. The summed E-state index contributed by atoms with van der Waals surface area (Å²) in [7, 11) is 0. The zero-order valence-electron chi connectivity index (χ0n) is 11.1. The summed E-state index contributed by atoms with van der Waals surface area (Å²) >= 11 is 0. The summed E-state index contributed by atoms with van der Waals surface area (Å²) in [6, 6.07) is 1.60. The Morgan fingerprint density at radius 1 is 1.58 bits per heavy atom. The number of rotatable bonds is 6. The Labute approximate surface area is 111 Å². The van der Waals surface area contributed by atoms with Gasteiger partial charge in [0.1, 0.15) is 5.54 Å². The van der Waals surface area contributed by atoms with E-state index in [9.17, 15) is 14.7 Å². The molecule has 104 valence electrons. The minimum Gasteiger partial charge on any atom is -0.480 e. The number of carbonyl (C=O) groups excluding carboxylic acids is 1. The molecule has 0 spiro atoms. The number of hydrogen-bond acceptors (Lipinski definition) is 4. The Morgan fingerprint density at radius 2 is 2.26 bits per heavy atom. The third-order valence-corrected chi connectivity index (χ3v) is 3.36. The van der Waals surface area contributed by atoms with E-state index in [1.54, 1.807) is 6.07 Å². The van der Waals surface area contributed by atoms with E-state index in [2.05, 4.69) is 10.5 Å². The molecule has 1 aliphatic carbocycles. The Balaban J connectivity index is 2.07. The second kappa shape index (κ2) is 5.03. The highest BCUT2D eigenvalue weighted by atomic mass is 16.5. The predicted octanol–water partition coefficient (Wildman–Crippen LogP) is 1.93. The monoisotopic (exact) mass is 266 g/mol. The Morgan fingerprint density at radius 3 is 2.79 bits per heavy atom. The van der Waals surface area contributed by atoms with Gasteiger partial charge in [-0.3, -0.25) is 4.79 Å². The quantitative estimate of drug-likeness (QED) is 0.820. The first-order valence-electron chi connectivity index (χ1n) is 6.49. The smallest absolute Gasteiger partial charge is 0.329 e. The van der Waals surface area contributed by atoms with Crippen LogP contribution in [0.15, 0.2) is 10.6 Å². The molecule has 1 aromatic rings. The van der Waals surface area contributed by atoms with Gasteiger partial charge < -0.3 is 14.9 Å². The molecule has 19 heavy (non-hydrogen) atoms. The standard InChI is InChI=1S/C13H18N2O4/c1-3-6-13(2,12(17)18)14-11(16)10-7-9(15-19-10)8-4-5-8/h7-8H,3-6H2,1-2H3,(H,14,16)(H,17,18). The molecule has 0 bridgehead atoms. The lowest BCUT2D eigenvalue weighted by atomic mass is 9.96. The molecule has 1 aromatic heterocycles. The molecule has 6 nitrogen and oxygen atoms in total. The van der Waals surface area contributed by atoms with Gasteiger partial charge in [-0.05, 0) is 26.2 Å². The van der Waals surface area contributed by atoms with Crippen LogP contribution in [0, 0.1) is 0 Å². The van der Waals surface area contributed by atoms with E-state index in [0.29, 0.717) is 18.8 Å². The van der Waals surface area contributed by atoms with Gasteiger partial charge in [-0.25, -0.2) is 4.79 Å². The molecule has 1 unspecified atom stereocenters. The summed E-state index contributed by atoms with van der Waals surface area (Å²) in [5, 5.41) is 15.5. The summed E-state index contributed by atoms with van der Waals surface area (Å²) in [6.45, 7) is 3.36. The summed E-state index contributed by atoms with van der Waals surface area (Å²) < 4.78 is 4.98. The lowest BCUT2D eigenvalue weighted by molar-refractivity contribution is -0.144. The van der Waals surface area contributed by atoms with Crippen molar-refractivity contribution >= 4 is 11.9 Å². The van der Waals surface area contributed by atoms with Crippen molar-refractivity contribution in [1.29, 1.82) is 0 Å². The van der Waals surface area contributed by atoms with Crippen LogP contribution in [-0.4, -0.2) is 27.7 Å². The number of carboxylic acid groups (broad SMARTS) is 1. The number of amides is 1. The summed E-state index contributed by atoms with van der Waals surface area (Å²) in [5.74, 6) is -1.11. The van der Waals surface area contributed by atoms with Crippen molar-refractivity contribution in [3.63, 3.8) is 0 Å². The van der Waals surface area contributed by atoms with Gasteiger partial charge >= 0.3 is 5.97 Å². The molecule has 1 aliphatic rings. The highest BCUT2D eigenvalue weighted by Gasteiger charge is 2.35. The van der Waals surface area contributed by atoms with Crippen LogP contribution < -0.4 is 5.32 Å². The number of carbonyl (C=O) groups is 2. The number of aliphatic carboxylic acids is 1. The summed E-state index contributed by atoms with van der Waals surface area (Å²) in [5.41, 5.74) is -0.504. The second-order valence-corrected chi connectivity index (χ2v) is 5.23. The number of nitrogens with zero attached hydrogens (tertiary/aromatic N) is 1. The van der Waals surface area contributed by atoms with Gasteiger partial charge in [0.2, 0.25) is 5.76 Å². The Bertz CT molecular complexity index is 493. The Kier molecular flexibility index (Phi) is 3.59. The number of hydrogen-bond donors (Lipinski definition) is 2. The van der Waals surface area contributed by atoms with E-state index in [0.717, 1.165) is 18.5 Å². The number of nitrogens with one attached hydrogen (secondary N) is 1. The SMILES string of the molecule is CCCC(C)(NC(=O)c1cc(C2CC2)no1)C(=O)O. The molecular weight excluding hydrogens is 248 g/mol. The van der Waals surface area contributed by atoms with Crippen LogP contribution in [0.2, 0.25) is 0 Å². The van der Waals surface area contributed by atoms with Crippen molar-refractivity contribution < 1.29 is 19.2 Å². The van der Waals surface area contributed by atoms with Gasteiger partial charge in [0.15, 0.2) is 0 Å². The Hall–Kier alpha value is -1.85. The van der Waals surface area contributed by atoms with Crippen molar-refractivity contribution in [3.8, 4) is 0 Å². The van der Waals surface area contributed by atoms with Crippen molar-refractivity contribution in [2.45, 2.75) is 51.0 Å². The van der Waals surface area contributed by atoms with Crippen LogP contribution in [0.3, 0.4) is 0 Å². The van der Waals surface area contributed by atoms with Gasteiger partial charge in [-0.2, -0.15) is 0 Å². The van der Waals surface area contributed by atoms with Crippen LogP contribution in [-0.2, 0) is 4.79 Å². The fraction of sp³-hybridized carbons (Fsp3) is 0.615. The molecule has 1 saturated carbocycles. The maximum atomic E-state index is 12.0. The molecule has 0 saturated heterocycles. The van der Waals surface area contributed by atoms with Gasteiger partial charge in [0.05, 0.1) is 5.69 Å². The second-order valence-electron chi connectivity index (χ2n) is 5.23. The van der Waals surface area contributed by atoms with Crippen LogP contribution in [0.1, 0.15) is 61.7 Å². The molecule has 1 atom stereocenters. The van der Waals surface area contributed by atoms with E-state index in [1.807, 2.05) is 6.92 Å². The summed E-state index contributed by atoms with van der Waals surface area (Å²) in [6.07, 6.45) is 3.15. The molecular formula is C13H18N2O4.